The Morgan fingerprint density at radius 2 is 2.18 bits per heavy atom. The molecular weight excluding hydrogens is 219 g/mol. The van der Waals surface area contributed by atoms with Crippen LogP contribution >= 0.6 is 0 Å². The lowest BCUT2D eigenvalue weighted by Crippen LogP contribution is -2.30. The molecule has 1 aromatic rings. The zero-order valence-electron chi connectivity index (χ0n) is 10.1. The van der Waals surface area contributed by atoms with Gasteiger partial charge < -0.3 is 10.4 Å². The fourth-order valence-corrected chi connectivity index (χ4v) is 1.35. The van der Waals surface area contributed by atoms with E-state index in [4.69, 9.17) is 5.26 Å². The predicted molar refractivity (Wildman–Crippen MR) is 63.7 cm³/mol. The molecule has 0 aromatic heterocycles. The summed E-state index contributed by atoms with van der Waals surface area (Å²) >= 11 is 0. The van der Waals surface area contributed by atoms with E-state index in [-0.39, 0.29) is 5.92 Å². The molecule has 17 heavy (non-hydrogen) atoms. The first-order valence-electron chi connectivity index (χ1n) is 5.62. The van der Waals surface area contributed by atoms with Gasteiger partial charge in [-0.2, -0.15) is 5.26 Å². The molecule has 0 spiro atoms. The van der Waals surface area contributed by atoms with Crippen LogP contribution in [0.3, 0.4) is 0 Å². The summed E-state index contributed by atoms with van der Waals surface area (Å²) in [6.07, 6.45) is -0.434. The van der Waals surface area contributed by atoms with E-state index in [0.29, 0.717) is 24.2 Å². The second-order valence-corrected chi connectivity index (χ2v) is 4.36. The Kier molecular flexibility index (Phi) is 5.08. The number of halogens is 1. The van der Waals surface area contributed by atoms with E-state index < -0.39 is 11.9 Å². The summed E-state index contributed by atoms with van der Waals surface area (Å²) < 4.78 is 13.5. The lowest BCUT2D eigenvalue weighted by molar-refractivity contribution is 0.123. The Morgan fingerprint density at radius 3 is 2.71 bits per heavy atom. The number of hydrogen-bond donors (Lipinski definition) is 2. The van der Waals surface area contributed by atoms with Crippen LogP contribution in [0.5, 0.6) is 0 Å². The zero-order valence-corrected chi connectivity index (χ0v) is 10.1. The topological polar surface area (TPSA) is 56.0 Å². The van der Waals surface area contributed by atoms with E-state index in [2.05, 4.69) is 5.32 Å². The van der Waals surface area contributed by atoms with Crippen molar-refractivity contribution in [3.63, 3.8) is 0 Å². The number of benzene rings is 1. The number of nitrogens with zero attached hydrogens (tertiary/aromatic N) is 1. The molecule has 0 bridgehead atoms. The van der Waals surface area contributed by atoms with Crippen LogP contribution in [-0.4, -0.2) is 17.8 Å². The Labute approximate surface area is 101 Å². The van der Waals surface area contributed by atoms with Crippen molar-refractivity contribution in [2.75, 3.05) is 6.54 Å². The minimum absolute atomic E-state index is 0.174. The van der Waals surface area contributed by atoms with Gasteiger partial charge in [0.25, 0.3) is 0 Å². The van der Waals surface area contributed by atoms with Crippen LogP contribution in [-0.2, 0) is 6.54 Å². The Bertz CT molecular complexity index is 412. The largest absolute Gasteiger partial charge is 0.392 e. The van der Waals surface area contributed by atoms with Gasteiger partial charge in [-0.25, -0.2) is 4.39 Å². The third-order valence-corrected chi connectivity index (χ3v) is 2.62. The maximum Gasteiger partial charge on any atom is 0.129 e. The van der Waals surface area contributed by atoms with Gasteiger partial charge in [0.1, 0.15) is 5.82 Å². The third kappa shape index (κ3) is 4.14. The van der Waals surface area contributed by atoms with Crippen LogP contribution in [0.25, 0.3) is 0 Å². The first kappa shape index (κ1) is 13.6. The quantitative estimate of drug-likeness (QED) is 0.819. The van der Waals surface area contributed by atoms with Gasteiger partial charge in [-0.1, -0.05) is 19.9 Å². The molecule has 92 valence electrons. The number of aliphatic hydroxyl groups excluding tert-OH is 1. The molecule has 0 amide bonds. The van der Waals surface area contributed by atoms with Gasteiger partial charge >= 0.3 is 0 Å². The van der Waals surface area contributed by atoms with Gasteiger partial charge in [0.15, 0.2) is 0 Å². The summed E-state index contributed by atoms with van der Waals surface area (Å²) in [6.45, 7) is 4.63. The molecule has 0 saturated carbocycles. The normalized spacial score (nSPS) is 12.5. The lowest BCUT2D eigenvalue weighted by atomic mass is 10.1. The highest BCUT2D eigenvalue weighted by Gasteiger charge is 2.09. The van der Waals surface area contributed by atoms with Crippen molar-refractivity contribution in [2.45, 2.75) is 26.5 Å². The highest BCUT2D eigenvalue weighted by molar-refractivity contribution is 5.32. The fraction of sp³-hybridized carbons (Fsp3) is 0.462. The molecule has 0 heterocycles. The monoisotopic (exact) mass is 236 g/mol. The molecule has 0 aliphatic heterocycles. The summed E-state index contributed by atoms with van der Waals surface area (Å²) in [7, 11) is 0. The van der Waals surface area contributed by atoms with Crippen molar-refractivity contribution in [1.29, 1.82) is 5.26 Å². The maximum atomic E-state index is 13.5. The van der Waals surface area contributed by atoms with Crippen molar-refractivity contribution >= 4 is 0 Å². The van der Waals surface area contributed by atoms with Crippen LogP contribution < -0.4 is 5.32 Å². The van der Waals surface area contributed by atoms with E-state index in [0.717, 1.165) is 0 Å². The lowest BCUT2D eigenvalue weighted by Gasteiger charge is -2.15. The molecule has 1 rings (SSSR count). The van der Waals surface area contributed by atoms with Gasteiger partial charge in [0.05, 0.1) is 17.7 Å². The van der Waals surface area contributed by atoms with Crippen LogP contribution in [0.15, 0.2) is 18.2 Å². The molecule has 1 unspecified atom stereocenters. The number of nitrogens with one attached hydrogen (secondary N) is 1. The number of rotatable bonds is 5. The highest BCUT2D eigenvalue weighted by atomic mass is 19.1. The minimum Gasteiger partial charge on any atom is -0.392 e. The smallest absolute Gasteiger partial charge is 0.129 e. The van der Waals surface area contributed by atoms with Crippen molar-refractivity contribution in [2.24, 2.45) is 5.92 Å². The molecule has 2 N–H and O–H groups in total. The third-order valence-electron chi connectivity index (χ3n) is 2.62. The summed E-state index contributed by atoms with van der Waals surface area (Å²) in [5, 5.41) is 21.1. The zero-order chi connectivity index (χ0) is 12.8. The number of aliphatic hydroxyl groups is 1. The average Bonchev–Trinajstić information content (AvgIpc) is 2.30. The molecule has 0 radical (unpaired) electrons. The molecular formula is C13H17FN2O. The molecule has 1 aromatic carbocycles. The summed E-state index contributed by atoms with van der Waals surface area (Å²) in [4.78, 5) is 0. The molecule has 0 aliphatic rings. The summed E-state index contributed by atoms with van der Waals surface area (Å²) in [6, 6.07) is 6.27. The van der Waals surface area contributed by atoms with E-state index >= 15 is 0 Å². The van der Waals surface area contributed by atoms with Crippen molar-refractivity contribution in [3.8, 4) is 6.07 Å². The Balaban J connectivity index is 2.50. The first-order chi connectivity index (χ1) is 8.04. The number of nitriles is 1. The fourth-order valence-electron chi connectivity index (χ4n) is 1.35. The predicted octanol–water partition coefficient (Wildman–Crippen LogP) is 1.80. The summed E-state index contributed by atoms with van der Waals surface area (Å²) in [5.41, 5.74) is 0.813. The highest BCUT2D eigenvalue weighted by Crippen LogP contribution is 2.09. The molecule has 3 nitrogen and oxygen atoms in total. The Hall–Kier alpha value is -1.44. The van der Waals surface area contributed by atoms with Gasteiger partial charge in [-0.05, 0) is 18.1 Å². The standard InChI is InChI=1S/C13H17FN2O/c1-9(2)13(17)8-16-7-11-4-3-10(6-15)5-12(11)14/h3-5,9,13,16-17H,7-8H2,1-2H3. The average molecular weight is 236 g/mol. The van der Waals surface area contributed by atoms with Gasteiger partial charge in [-0.15, -0.1) is 0 Å². The van der Waals surface area contributed by atoms with Gasteiger partial charge in [-0.3, -0.25) is 0 Å². The second-order valence-electron chi connectivity index (χ2n) is 4.36. The molecule has 0 fully saturated rings. The minimum atomic E-state index is -0.434. The molecule has 0 aliphatic carbocycles. The van der Waals surface area contributed by atoms with E-state index in [1.54, 1.807) is 12.1 Å². The molecule has 0 saturated heterocycles. The van der Waals surface area contributed by atoms with E-state index in [1.165, 1.54) is 6.07 Å². The van der Waals surface area contributed by atoms with Crippen molar-refractivity contribution in [1.82, 2.24) is 5.32 Å². The van der Waals surface area contributed by atoms with Crippen LogP contribution in [0.2, 0.25) is 0 Å². The van der Waals surface area contributed by atoms with Crippen molar-refractivity contribution < 1.29 is 9.50 Å². The van der Waals surface area contributed by atoms with Gasteiger partial charge in [0, 0.05) is 18.7 Å². The molecule has 4 heteroatoms. The number of hydrogen-bond acceptors (Lipinski definition) is 3. The Morgan fingerprint density at radius 1 is 1.47 bits per heavy atom. The van der Waals surface area contributed by atoms with Crippen LogP contribution in [0.1, 0.15) is 25.0 Å². The first-order valence-corrected chi connectivity index (χ1v) is 5.62. The van der Waals surface area contributed by atoms with Gasteiger partial charge in [0.2, 0.25) is 0 Å². The maximum absolute atomic E-state index is 13.5. The van der Waals surface area contributed by atoms with Crippen LogP contribution in [0, 0.1) is 23.1 Å². The SMILES string of the molecule is CC(C)C(O)CNCc1ccc(C#N)cc1F. The molecule has 1 atom stereocenters. The van der Waals surface area contributed by atoms with Crippen LogP contribution in [0.4, 0.5) is 4.39 Å². The van der Waals surface area contributed by atoms with E-state index in [1.807, 2.05) is 19.9 Å². The second kappa shape index (κ2) is 6.33. The summed E-state index contributed by atoms with van der Waals surface area (Å²) in [5.74, 6) is -0.219. The van der Waals surface area contributed by atoms with Crippen molar-refractivity contribution in [3.05, 3.63) is 35.1 Å². The van der Waals surface area contributed by atoms with E-state index in [9.17, 15) is 9.50 Å².